The van der Waals surface area contributed by atoms with Crippen molar-refractivity contribution >= 4 is 23.2 Å². The smallest absolute Gasteiger partial charge is 0.349 e. The van der Waals surface area contributed by atoms with E-state index in [4.69, 9.17) is 0 Å². The van der Waals surface area contributed by atoms with Crippen LogP contribution in [0.15, 0.2) is 78.2 Å². The van der Waals surface area contributed by atoms with Gasteiger partial charge in [0, 0.05) is 41.3 Å². The van der Waals surface area contributed by atoms with Gasteiger partial charge in [-0.3, -0.25) is 9.59 Å². The number of amides is 2. The van der Waals surface area contributed by atoms with Gasteiger partial charge in [-0.2, -0.15) is 13.2 Å². The Bertz CT molecular complexity index is 1660. The van der Waals surface area contributed by atoms with E-state index in [0.717, 1.165) is 46.8 Å². The first-order valence-electron chi connectivity index (χ1n) is 15.5. The number of thiazole rings is 1. The van der Waals surface area contributed by atoms with Gasteiger partial charge in [-0.25, -0.2) is 4.98 Å². The van der Waals surface area contributed by atoms with Crippen LogP contribution < -0.4 is 10.6 Å². The molecule has 1 aromatic heterocycles. The van der Waals surface area contributed by atoms with Gasteiger partial charge in [-0.15, -0.1) is 11.3 Å². The number of nitrogens with zero attached hydrogens (tertiary/aromatic N) is 2. The molecular formula is C36H39F3N4O2S. The molecule has 3 aromatic carbocycles. The summed E-state index contributed by atoms with van der Waals surface area (Å²) in [6, 6.07) is 20.0. The molecule has 0 bridgehead atoms. The summed E-state index contributed by atoms with van der Waals surface area (Å²) in [6.07, 6.45) is -2.07. The Morgan fingerprint density at radius 2 is 1.74 bits per heavy atom. The maximum atomic E-state index is 13.7. The zero-order valence-corrected chi connectivity index (χ0v) is 27.0. The van der Waals surface area contributed by atoms with E-state index in [-0.39, 0.29) is 36.4 Å². The van der Waals surface area contributed by atoms with Crippen molar-refractivity contribution in [2.75, 3.05) is 13.1 Å². The number of hydrogen-bond acceptors (Lipinski definition) is 5. The molecule has 1 saturated heterocycles. The van der Waals surface area contributed by atoms with Crippen LogP contribution in [0.25, 0.3) is 0 Å². The van der Waals surface area contributed by atoms with Crippen molar-refractivity contribution in [2.24, 2.45) is 5.92 Å². The number of carbonyl (C=O) groups is 2. The summed E-state index contributed by atoms with van der Waals surface area (Å²) in [5.41, 5.74) is 3.55. The summed E-state index contributed by atoms with van der Waals surface area (Å²) in [6.45, 7) is 7.21. The minimum Gasteiger partial charge on any atom is -0.349 e. The number of carbonyl (C=O) groups excluding carboxylic acids is 2. The fourth-order valence-corrected chi connectivity index (χ4v) is 6.90. The molecule has 242 valence electrons. The second-order valence-electron chi connectivity index (χ2n) is 12.1. The molecule has 10 heteroatoms. The van der Waals surface area contributed by atoms with Crippen LogP contribution in [-0.2, 0) is 19.1 Å². The molecule has 46 heavy (non-hydrogen) atoms. The zero-order valence-electron chi connectivity index (χ0n) is 26.2. The van der Waals surface area contributed by atoms with Crippen LogP contribution in [0.5, 0.6) is 0 Å². The summed E-state index contributed by atoms with van der Waals surface area (Å²) in [4.78, 5) is 34.0. The highest BCUT2D eigenvalue weighted by Crippen LogP contribution is 2.35. The Balaban J connectivity index is 1.29. The first-order chi connectivity index (χ1) is 22.0. The first kappa shape index (κ1) is 33.3. The molecule has 1 fully saturated rings. The molecule has 2 amide bonds. The lowest BCUT2D eigenvalue weighted by Crippen LogP contribution is -2.44. The Labute approximate surface area is 272 Å². The summed E-state index contributed by atoms with van der Waals surface area (Å²) in [7, 11) is 0. The van der Waals surface area contributed by atoms with Gasteiger partial charge in [0.05, 0.1) is 11.6 Å². The normalized spacial score (nSPS) is 16.3. The molecule has 0 spiro atoms. The van der Waals surface area contributed by atoms with Gasteiger partial charge in [0.25, 0.3) is 11.8 Å². The Kier molecular flexibility index (Phi) is 10.6. The van der Waals surface area contributed by atoms with Crippen molar-refractivity contribution in [3.8, 4) is 0 Å². The van der Waals surface area contributed by atoms with E-state index in [0.29, 0.717) is 36.2 Å². The number of nitrogens with one attached hydrogen (secondary N) is 2. The predicted molar refractivity (Wildman–Crippen MR) is 175 cm³/mol. The summed E-state index contributed by atoms with van der Waals surface area (Å²) in [5.74, 6) is -0.453. The van der Waals surface area contributed by atoms with Gasteiger partial charge >= 0.3 is 6.18 Å². The molecule has 2 heterocycles. The lowest BCUT2D eigenvalue weighted by Gasteiger charge is -2.26. The molecule has 0 saturated carbocycles. The third-order valence-corrected chi connectivity index (χ3v) is 9.44. The molecule has 5 rings (SSSR count). The summed E-state index contributed by atoms with van der Waals surface area (Å²) >= 11 is 1.57. The van der Waals surface area contributed by atoms with Crippen LogP contribution in [0.1, 0.15) is 79.5 Å². The number of aryl methyl sites for hydroxylation is 2. The SMILES string of the molecule is Cc1cc(C(=O)NC(Cc2ccccc2)C(C)CNCc2cccc(C(F)(F)F)c2)cc(C(=O)N2CCCC2c2nc(C)cs2)c1. The van der Waals surface area contributed by atoms with Crippen LogP contribution in [0.3, 0.4) is 0 Å². The van der Waals surface area contributed by atoms with Gasteiger partial charge < -0.3 is 15.5 Å². The van der Waals surface area contributed by atoms with E-state index in [1.807, 2.05) is 67.4 Å². The third-order valence-electron chi connectivity index (χ3n) is 8.37. The fraction of sp³-hybridized carbons (Fsp3) is 0.361. The van der Waals surface area contributed by atoms with Crippen molar-refractivity contribution in [1.82, 2.24) is 20.5 Å². The highest BCUT2D eigenvalue weighted by molar-refractivity contribution is 7.09. The number of rotatable bonds is 11. The molecule has 0 radical (unpaired) electrons. The minimum absolute atomic E-state index is 0.0621. The van der Waals surface area contributed by atoms with Gasteiger partial charge in [0.15, 0.2) is 0 Å². The average Bonchev–Trinajstić information content (AvgIpc) is 3.69. The molecular weight excluding hydrogens is 609 g/mol. The topological polar surface area (TPSA) is 74.3 Å². The number of aromatic nitrogens is 1. The maximum absolute atomic E-state index is 13.7. The van der Waals surface area contributed by atoms with Crippen molar-refractivity contribution < 1.29 is 22.8 Å². The molecule has 2 N–H and O–H groups in total. The number of alkyl halides is 3. The van der Waals surface area contributed by atoms with Crippen LogP contribution in [0.4, 0.5) is 13.2 Å². The Hall–Kier alpha value is -4.02. The molecule has 4 aromatic rings. The maximum Gasteiger partial charge on any atom is 0.416 e. The van der Waals surface area contributed by atoms with E-state index in [1.54, 1.807) is 29.5 Å². The molecule has 3 unspecified atom stereocenters. The Morgan fingerprint density at radius 3 is 2.46 bits per heavy atom. The van der Waals surface area contributed by atoms with Crippen molar-refractivity contribution in [1.29, 1.82) is 0 Å². The molecule has 6 nitrogen and oxygen atoms in total. The van der Waals surface area contributed by atoms with Crippen LogP contribution in [-0.4, -0.2) is 40.8 Å². The van der Waals surface area contributed by atoms with Gasteiger partial charge in [0.1, 0.15) is 5.01 Å². The molecule has 3 atom stereocenters. The number of halogens is 3. The Morgan fingerprint density at radius 1 is 1.00 bits per heavy atom. The highest BCUT2D eigenvalue weighted by Gasteiger charge is 2.33. The van der Waals surface area contributed by atoms with Crippen molar-refractivity contribution in [3.05, 3.63) is 122 Å². The average molecular weight is 649 g/mol. The van der Waals surface area contributed by atoms with Crippen molar-refractivity contribution in [2.45, 2.75) is 64.8 Å². The monoisotopic (exact) mass is 648 g/mol. The first-order valence-corrected chi connectivity index (χ1v) is 16.4. The molecule has 0 aliphatic carbocycles. The second kappa shape index (κ2) is 14.6. The lowest BCUT2D eigenvalue weighted by molar-refractivity contribution is -0.137. The van der Waals surface area contributed by atoms with Crippen LogP contribution in [0.2, 0.25) is 0 Å². The molecule has 1 aliphatic rings. The zero-order chi connectivity index (χ0) is 32.8. The number of benzene rings is 3. The third kappa shape index (κ3) is 8.41. The van der Waals surface area contributed by atoms with Crippen LogP contribution >= 0.6 is 11.3 Å². The summed E-state index contributed by atoms with van der Waals surface area (Å²) in [5, 5.41) is 9.41. The van der Waals surface area contributed by atoms with E-state index >= 15 is 0 Å². The van der Waals surface area contributed by atoms with Gasteiger partial charge in [0.2, 0.25) is 0 Å². The summed E-state index contributed by atoms with van der Waals surface area (Å²) < 4.78 is 39.5. The predicted octanol–water partition coefficient (Wildman–Crippen LogP) is 7.52. The van der Waals surface area contributed by atoms with E-state index < -0.39 is 11.7 Å². The van der Waals surface area contributed by atoms with Gasteiger partial charge in [-0.1, -0.05) is 55.5 Å². The minimum atomic E-state index is -4.40. The largest absolute Gasteiger partial charge is 0.416 e. The fourth-order valence-electron chi connectivity index (χ4n) is 5.95. The lowest BCUT2D eigenvalue weighted by atomic mass is 9.94. The van der Waals surface area contributed by atoms with Gasteiger partial charge in [-0.05, 0) is 86.5 Å². The highest BCUT2D eigenvalue weighted by atomic mass is 32.1. The van der Waals surface area contributed by atoms with Crippen LogP contribution in [0, 0.1) is 19.8 Å². The quantitative estimate of drug-likeness (QED) is 0.177. The number of likely N-dealkylation sites (tertiary alicyclic amines) is 1. The van der Waals surface area contributed by atoms with E-state index in [2.05, 4.69) is 15.6 Å². The number of hydrogen-bond donors (Lipinski definition) is 2. The van der Waals surface area contributed by atoms with E-state index in [1.165, 1.54) is 6.07 Å². The van der Waals surface area contributed by atoms with Crippen molar-refractivity contribution in [3.63, 3.8) is 0 Å². The molecule has 1 aliphatic heterocycles. The van der Waals surface area contributed by atoms with E-state index in [9.17, 15) is 22.8 Å². The standard InChI is InChI=1S/C36H39F3N4O2S/c1-23-15-28(19-29(16-23)35(45)43-14-8-13-32(43)34-41-25(3)22-46-34)33(44)42-31(18-26-9-5-4-6-10-26)24(2)20-40-21-27-11-7-12-30(17-27)36(37,38)39/h4-7,9-12,15-17,19,22,24,31-32,40H,8,13-14,18,20-21H2,1-3H3,(H,42,44). The second-order valence-corrected chi connectivity index (χ2v) is 13.0.